The molecule has 0 heterocycles. The quantitative estimate of drug-likeness (QED) is 0.255. The second-order valence-corrected chi connectivity index (χ2v) is 9.22. The Bertz CT molecular complexity index is 443. The Morgan fingerprint density at radius 1 is 0.679 bits per heavy atom. The predicted molar refractivity (Wildman–Crippen MR) is 129 cm³/mol. The van der Waals surface area contributed by atoms with Gasteiger partial charge in [-0.1, -0.05) is 141 Å². The van der Waals surface area contributed by atoms with Crippen LogP contribution in [0.5, 0.6) is 0 Å². The standard InChI is InChI=1S/C26H47N.ClH/c1-4-5-6-7-8-9-10-11-12-13-14-15-16-20-23-26(2,3)25(27)24-21-18-17-19-22-24;/h17-19,21-22,25H,4-16,20,23,27H2,1-3H3;1H. The molecule has 0 aliphatic rings. The molecule has 1 aromatic rings. The fourth-order valence-electron chi connectivity index (χ4n) is 4.04. The lowest BCUT2D eigenvalue weighted by molar-refractivity contribution is 0.255. The first-order valence-electron chi connectivity index (χ1n) is 11.9. The van der Waals surface area contributed by atoms with Crippen LogP contribution >= 0.6 is 12.4 Å². The van der Waals surface area contributed by atoms with Crippen molar-refractivity contribution in [3.05, 3.63) is 35.9 Å². The second-order valence-electron chi connectivity index (χ2n) is 9.22. The normalized spacial score (nSPS) is 12.6. The van der Waals surface area contributed by atoms with Crippen molar-refractivity contribution in [2.24, 2.45) is 11.1 Å². The number of hydrogen-bond acceptors (Lipinski definition) is 1. The fourth-order valence-corrected chi connectivity index (χ4v) is 4.04. The monoisotopic (exact) mass is 409 g/mol. The zero-order valence-corrected chi connectivity index (χ0v) is 19.9. The molecule has 0 radical (unpaired) electrons. The van der Waals surface area contributed by atoms with E-state index in [0.29, 0.717) is 0 Å². The first-order chi connectivity index (χ1) is 13.1. The molecule has 0 aliphatic carbocycles. The van der Waals surface area contributed by atoms with Gasteiger partial charge >= 0.3 is 0 Å². The summed E-state index contributed by atoms with van der Waals surface area (Å²) in [6, 6.07) is 10.7. The summed E-state index contributed by atoms with van der Waals surface area (Å²) in [5.41, 5.74) is 7.98. The molecular formula is C26H48ClN. The summed E-state index contributed by atoms with van der Waals surface area (Å²) < 4.78 is 0. The summed E-state index contributed by atoms with van der Waals surface area (Å²) in [5.74, 6) is 0. The Balaban J connectivity index is 0.00000729. The smallest absolute Gasteiger partial charge is 0.0346 e. The van der Waals surface area contributed by atoms with E-state index in [9.17, 15) is 0 Å². The lowest BCUT2D eigenvalue weighted by Gasteiger charge is -2.32. The second kappa shape index (κ2) is 17.3. The molecule has 0 saturated heterocycles. The summed E-state index contributed by atoms with van der Waals surface area (Å²) in [4.78, 5) is 0. The molecule has 1 aromatic carbocycles. The van der Waals surface area contributed by atoms with Gasteiger partial charge in [0.2, 0.25) is 0 Å². The topological polar surface area (TPSA) is 26.0 Å². The van der Waals surface area contributed by atoms with Gasteiger partial charge in [0.25, 0.3) is 0 Å². The van der Waals surface area contributed by atoms with Crippen LogP contribution in [0, 0.1) is 5.41 Å². The molecule has 0 aliphatic heterocycles. The van der Waals surface area contributed by atoms with Crippen LogP contribution in [0.3, 0.4) is 0 Å². The summed E-state index contributed by atoms with van der Waals surface area (Å²) in [7, 11) is 0. The number of nitrogens with two attached hydrogens (primary N) is 1. The number of rotatable bonds is 17. The Morgan fingerprint density at radius 2 is 1.07 bits per heavy atom. The molecule has 1 rings (SSSR count). The van der Waals surface area contributed by atoms with Gasteiger partial charge in [0.05, 0.1) is 0 Å². The SMILES string of the molecule is CCCCCCCCCCCCCCCCC(C)(C)C(N)c1ccccc1.Cl. The third-order valence-corrected chi connectivity index (χ3v) is 6.18. The van der Waals surface area contributed by atoms with Crippen molar-refractivity contribution in [3.63, 3.8) is 0 Å². The molecule has 0 aromatic heterocycles. The first kappa shape index (κ1) is 27.5. The van der Waals surface area contributed by atoms with E-state index < -0.39 is 0 Å². The van der Waals surface area contributed by atoms with Crippen LogP contribution in [0.15, 0.2) is 30.3 Å². The van der Waals surface area contributed by atoms with Crippen molar-refractivity contribution >= 4 is 12.4 Å². The van der Waals surface area contributed by atoms with Gasteiger partial charge in [-0.2, -0.15) is 0 Å². The van der Waals surface area contributed by atoms with Crippen LogP contribution in [-0.4, -0.2) is 0 Å². The van der Waals surface area contributed by atoms with Gasteiger partial charge in [-0.3, -0.25) is 0 Å². The van der Waals surface area contributed by atoms with Crippen molar-refractivity contribution in [2.75, 3.05) is 0 Å². The number of unbranched alkanes of at least 4 members (excludes halogenated alkanes) is 13. The average molecular weight is 410 g/mol. The van der Waals surface area contributed by atoms with Gasteiger partial charge in [-0.05, 0) is 17.4 Å². The van der Waals surface area contributed by atoms with Gasteiger partial charge in [0, 0.05) is 6.04 Å². The Hall–Kier alpha value is -0.530. The summed E-state index contributed by atoms with van der Waals surface area (Å²) in [5, 5.41) is 0. The highest BCUT2D eigenvalue weighted by molar-refractivity contribution is 5.85. The highest BCUT2D eigenvalue weighted by atomic mass is 35.5. The van der Waals surface area contributed by atoms with Crippen molar-refractivity contribution in [3.8, 4) is 0 Å². The minimum absolute atomic E-state index is 0. The van der Waals surface area contributed by atoms with Crippen molar-refractivity contribution in [1.29, 1.82) is 0 Å². The van der Waals surface area contributed by atoms with Crippen molar-refractivity contribution < 1.29 is 0 Å². The van der Waals surface area contributed by atoms with Gasteiger partial charge in [0.1, 0.15) is 0 Å². The van der Waals surface area contributed by atoms with Crippen molar-refractivity contribution in [2.45, 2.75) is 123 Å². The lowest BCUT2D eigenvalue weighted by Crippen LogP contribution is -2.29. The largest absolute Gasteiger partial charge is 0.324 e. The van der Waals surface area contributed by atoms with Crippen LogP contribution < -0.4 is 5.73 Å². The molecule has 0 fully saturated rings. The highest BCUT2D eigenvalue weighted by Crippen LogP contribution is 2.36. The predicted octanol–water partition coefficient (Wildman–Crippen LogP) is 9.01. The molecule has 1 nitrogen and oxygen atoms in total. The van der Waals surface area contributed by atoms with E-state index >= 15 is 0 Å². The Morgan fingerprint density at radius 3 is 1.50 bits per heavy atom. The maximum atomic E-state index is 6.53. The molecule has 1 unspecified atom stereocenters. The average Bonchev–Trinajstić information content (AvgIpc) is 2.68. The lowest BCUT2D eigenvalue weighted by atomic mass is 9.77. The molecule has 0 spiro atoms. The Kier molecular flexibility index (Phi) is 17.0. The zero-order chi connectivity index (χ0) is 19.8. The van der Waals surface area contributed by atoms with Crippen LogP contribution in [0.25, 0.3) is 0 Å². The minimum Gasteiger partial charge on any atom is -0.324 e. The molecule has 2 heteroatoms. The third-order valence-electron chi connectivity index (χ3n) is 6.18. The summed E-state index contributed by atoms with van der Waals surface area (Å²) in [6.45, 7) is 6.94. The molecular weight excluding hydrogens is 362 g/mol. The maximum Gasteiger partial charge on any atom is 0.0346 e. The fraction of sp³-hybridized carbons (Fsp3) is 0.769. The van der Waals surface area contributed by atoms with Crippen LogP contribution in [0.2, 0.25) is 0 Å². The van der Waals surface area contributed by atoms with Crippen LogP contribution in [0.4, 0.5) is 0 Å². The molecule has 0 bridgehead atoms. The number of hydrogen-bond donors (Lipinski definition) is 1. The molecule has 28 heavy (non-hydrogen) atoms. The van der Waals surface area contributed by atoms with Crippen molar-refractivity contribution in [1.82, 2.24) is 0 Å². The maximum absolute atomic E-state index is 6.53. The van der Waals surface area contributed by atoms with E-state index in [1.165, 1.54) is 102 Å². The van der Waals surface area contributed by atoms with Gasteiger partial charge in [0.15, 0.2) is 0 Å². The minimum atomic E-state index is 0. The molecule has 0 saturated carbocycles. The third kappa shape index (κ3) is 12.8. The van der Waals surface area contributed by atoms with E-state index in [1.807, 2.05) is 0 Å². The van der Waals surface area contributed by atoms with Crippen LogP contribution in [0.1, 0.15) is 129 Å². The zero-order valence-electron chi connectivity index (χ0n) is 19.1. The molecule has 0 amide bonds. The van der Waals surface area contributed by atoms with Crippen LogP contribution in [-0.2, 0) is 0 Å². The number of halogens is 1. The van der Waals surface area contributed by atoms with E-state index in [0.717, 1.165) is 0 Å². The van der Waals surface area contributed by atoms with Gasteiger partial charge < -0.3 is 5.73 Å². The van der Waals surface area contributed by atoms with E-state index in [4.69, 9.17) is 5.73 Å². The van der Waals surface area contributed by atoms with E-state index in [1.54, 1.807) is 0 Å². The van der Waals surface area contributed by atoms with Gasteiger partial charge in [-0.15, -0.1) is 12.4 Å². The first-order valence-corrected chi connectivity index (χ1v) is 11.9. The van der Waals surface area contributed by atoms with E-state index in [2.05, 4.69) is 51.1 Å². The summed E-state index contributed by atoms with van der Waals surface area (Å²) in [6.07, 6.45) is 21.1. The highest BCUT2D eigenvalue weighted by Gasteiger charge is 2.26. The van der Waals surface area contributed by atoms with E-state index in [-0.39, 0.29) is 23.9 Å². The molecule has 2 N–H and O–H groups in total. The molecule has 1 atom stereocenters. The Labute approximate surface area is 182 Å². The van der Waals surface area contributed by atoms with Gasteiger partial charge in [-0.25, -0.2) is 0 Å². The molecule has 164 valence electrons. The summed E-state index contributed by atoms with van der Waals surface area (Å²) >= 11 is 0. The number of benzene rings is 1.